The molecule has 1 aliphatic rings. The van der Waals surface area contributed by atoms with E-state index in [1.807, 2.05) is 0 Å². The van der Waals surface area contributed by atoms with E-state index in [-0.39, 0.29) is 11.3 Å². The van der Waals surface area contributed by atoms with Gasteiger partial charge in [-0.05, 0) is 29.9 Å². The van der Waals surface area contributed by atoms with E-state index in [0.717, 1.165) is 13.0 Å². The van der Waals surface area contributed by atoms with Crippen LogP contribution in [0.5, 0.6) is 0 Å². The van der Waals surface area contributed by atoms with Crippen molar-refractivity contribution in [1.82, 2.24) is 0 Å². The summed E-state index contributed by atoms with van der Waals surface area (Å²) in [5.41, 5.74) is 0.245. The number of nitrogens with one attached hydrogen (secondary N) is 1. The summed E-state index contributed by atoms with van der Waals surface area (Å²) in [6.45, 7) is 5.10. The summed E-state index contributed by atoms with van der Waals surface area (Å²) in [6.07, 6.45) is 1.13. The molecule has 0 aliphatic heterocycles. The van der Waals surface area contributed by atoms with Gasteiger partial charge in [-0.25, -0.2) is 4.79 Å². The molecule has 2 N–H and O–H groups in total. The fourth-order valence-corrected chi connectivity index (χ4v) is 2.14. The summed E-state index contributed by atoms with van der Waals surface area (Å²) in [5, 5.41) is 22.9. The van der Waals surface area contributed by atoms with Crippen LogP contribution in [0.4, 0.5) is 11.4 Å². The van der Waals surface area contributed by atoms with Gasteiger partial charge >= 0.3 is 5.97 Å². The monoisotopic (exact) mass is 264 g/mol. The Morgan fingerprint density at radius 2 is 2.21 bits per heavy atom. The van der Waals surface area contributed by atoms with Crippen LogP contribution in [0, 0.1) is 21.4 Å². The minimum atomic E-state index is -1.29. The van der Waals surface area contributed by atoms with E-state index < -0.39 is 10.9 Å². The van der Waals surface area contributed by atoms with Gasteiger partial charge in [0.25, 0.3) is 5.69 Å². The summed E-state index contributed by atoms with van der Waals surface area (Å²) < 4.78 is 0. The number of carboxylic acid groups (broad SMARTS) is 1. The van der Waals surface area contributed by atoms with Crippen molar-refractivity contribution in [2.45, 2.75) is 20.3 Å². The van der Waals surface area contributed by atoms with Gasteiger partial charge in [0.1, 0.15) is 5.56 Å². The van der Waals surface area contributed by atoms with E-state index in [9.17, 15) is 14.9 Å². The number of aromatic carboxylic acids is 1. The summed E-state index contributed by atoms with van der Waals surface area (Å²) in [5.74, 6) is -0.729. The topological polar surface area (TPSA) is 92.5 Å². The standard InChI is InChI=1S/C13H16N2O4/c1-13(2)6-8(13)7-14-9-3-4-10(12(16)17)11(5-9)15(18)19/h3-5,8,14H,6-7H2,1-2H3,(H,16,17). The lowest BCUT2D eigenvalue weighted by Gasteiger charge is -2.08. The number of carbonyl (C=O) groups is 1. The van der Waals surface area contributed by atoms with E-state index in [2.05, 4.69) is 19.2 Å². The molecule has 2 rings (SSSR count). The van der Waals surface area contributed by atoms with Crippen LogP contribution in [0.2, 0.25) is 0 Å². The van der Waals surface area contributed by atoms with Gasteiger partial charge in [0, 0.05) is 18.3 Å². The number of anilines is 1. The molecule has 0 bridgehead atoms. The van der Waals surface area contributed by atoms with Crippen LogP contribution in [0.3, 0.4) is 0 Å². The van der Waals surface area contributed by atoms with Crippen molar-refractivity contribution in [2.75, 3.05) is 11.9 Å². The highest BCUT2D eigenvalue weighted by Gasteiger charge is 2.44. The zero-order valence-electron chi connectivity index (χ0n) is 10.8. The summed E-state index contributed by atoms with van der Waals surface area (Å²) in [7, 11) is 0. The van der Waals surface area contributed by atoms with Crippen molar-refractivity contribution in [3.8, 4) is 0 Å². The first-order chi connectivity index (χ1) is 8.81. The van der Waals surface area contributed by atoms with Crippen LogP contribution in [0.15, 0.2) is 18.2 Å². The summed E-state index contributed by atoms with van der Waals surface area (Å²) in [4.78, 5) is 21.0. The Bertz CT molecular complexity index is 539. The minimum Gasteiger partial charge on any atom is -0.477 e. The lowest BCUT2D eigenvalue weighted by molar-refractivity contribution is -0.385. The normalized spacial score (nSPS) is 19.8. The Kier molecular flexibility index (Phi) is 3.18. The maximum atomic E-state index is 10.9. The first kappa shape index (κ1) is 13.3. The molecule has 0 aromatic heterocycles. The molecule has 19 heavy (non-hydrogen) atoms. The van der Waals surface area contributed by atoms with Crippen molar-refractivity contribution in [1.29, 1.82) is 0 Å². The Balaban J connectivity index is 2.12. The summed E-state index contributed by atoms with van der Waals surface area (Å²) >= 11 is 0. The predicted octanol–water partition coefficient (Wildman–Crippen LogP) is 2.75. The van der Waals surface area contributed by atoms with Crippen molar-refractivity contribution in [3.05, 3.63) is 33.9 Å². The van der Waals surface area contributed by atoms with E-state index in [0.29, 0.717) is 17.0 Å². The second-order valence-electron chi connectivity index (χ2n) is 5.56. The Hall–Kier alpha value is -2.11. The number of hydrogen-bond donors (Lipinski definition) is 2. The predicted molar refractivity (Wildman–Crippen MR) is 70.4 cm³/mol. The Labute approximate surface area is 110 Å². The molecular weight excluding hydrogens is 248 g/mol. The second kappa shape index (κ2) is 4.53. The van der Waals surface area contributed by atoms with Crippen molar-refractivity contribution >= 4 is 17.3 Å². The maximum absolute atomic E-state index is 10.9. The van der Waals surface area contributed by atoms with Gasteiger partial charge in [0.2, 0.25) is 0 Å². The lowest BCUT2D eigenvalue weighted by atomic mass is 10.1. The maximum Gasteiger partial charge on any atom is 0.342 e. The zero-order valence-corrected chi connectivity index (χ0v) is 10.8. The minimum absolute atomic E-state index is 0.290. The fraction of sp³-hybridized carbons (Fsp3) is 0.462. The van der Waals surface area contributed by atoms with Crippen LogP contribution >= 0.6 is 0 Å². The largest absolute Gasteiger partial charge is 0.477 e. The third kappa shape index (κ3) is 2.83. The highest BCUT2D eigenvalue weighted by atomic mass is 16.6. The molecule has 1 aromatic rings. The Morgan fingerprint density at radius 1 is 1.58 bits per heavy atom. The fourth-order valence-electron chi connectivity index (χ4n) is 2.14. The first-order valence-corrected chi connectivity index (χ1v) is 6.07. The van der Waals surface area contributed by atoms with E-state index >= 15 is 0 Å². The molecule has 1 atom stereocenters. The van der Waals surface area contributed by atoms with E-state index in [4.69, 9.17) is 5.11 Å². The van der Waals surface area contributed by atoms with Crippen LogP contribution in [0.25, 0.3) is 0 Å². The van der Waals surface area contributed by atoms with Gasteiger partial charge in [-0.2, -0.15) is 0 Å². The average molecular weight is 264 g/mol. The molecule has 1 unspecified atom stereocenters. The number of rotatable bonds is 5. The number of benzene rings is 1. The highest BCUT2D eigenvalue weighted by Crippen LogP contribution is 2.51. The molecule has 1 aromatic carbocycles. The smallest absolute Gasteiger partial charge is 0.342 e. The number of hydrogen-bond acceptors (Lipinski definition) is 4. The molecule has 0 spiro atoms. The van der Waals surface area contributed by atoms with Gasteiger partial charge in [-0.1, -0.05) is 13.8 Å². The zero-order chi connectivity index (χ0) is 14.2. The van der Waals surface area contributed by atoms with Gasteiger partial charge in [0.05, 0.1) is 4.92 Å². The van der Waals surface area contributed by atoms with Crippen molar-refractivity contribution in [3.63, 3.8) is 0 Å². The number of nitro benzene ring substituents is 1. The van der Waals surface area contributed by atoms with Gasteiger partial charge in [0.15, 0.2) is 0 Å². The molecular formula is C13H16N2O4. The quantitative estimate of drug-likeness (QED) is 0.630. The van der Waals surface area contributed by atoms with Crippen LogP contribution in [-0.2, 0) is 0 Å². The van der Waals surface area contributed by atoms with Crippen LogP contribution in [-0.4, -0.2) is 22.5 Å². The molecule has 6 nitrogen and oxygen atoms in total. The van der Waals surface area contributed by atoms with Crippen molar-refractivity contribution < 1.29 is 14.8 Å². The van der Waals surface area contributed by atoms with E-state index in [1.165, 1.54) is 12.1 Å². The average Bonchev–Trinajstić information content (AvgIpc) is 2.94. The molecule has 102 valence electrons. The molecule has 0 heterocycles. The van der Waals surface area contributed by atoms with Gasteiger partial charge < -0.3 is 10.4 Å². The van der Waals surface area contributed by atoms with Crippen molar-refractivity contribution in [2.24, 2.45) is 11.3 Å². The summed E-state index contributed by atoms with van der Waals surface area (Å²) in [6, 6.07) is 4.10. The first-order valence-electron chi connectivity index (χ1n) is 6.07. The number of carboxylic acids is 1. The van der Waals surface area contributed by atoms with Gasteiger partial charge in [-0.15, -0.1) is 0 Å². The molecule has 1 saturated carbocycles. The molecule has 0 saturated heterocycles. The van der Waals surface area contributed by atoms with Crippen LogP contribution < -0.4 is 5.32 Å². The third-order valence-corrected chi connectivity index (χ3v) is 3.69. The van der Waals surface area contributed by atoms with E-state index in [1.54, 1.807) is 6.07 Å². The molecule has 1 fully saturated rings. The molecule has 0 radical (unpaired) electrons. The number of nitrogens with zero attached hydrogens (tertiary/aromatic N) is 1. The molecule has 0 amide bonds. The highest BCUT2D eigenvalue weighted by molar-refractivity contribution is 5.93. The van der Waals surface area contributed by atoms with Crippen LogP contribution in [0.1, 0.15) is 30.6 Å². The lowest BCUT2D eigenvalue weighted by Crippen LogP contribution is -2.08. The number of nitro groups is 1. The van der Waals surface area contributed by atoms with Gasteiger partial charge in [-0.3, -0.25) is 10.1 Å². The second-order valence-corrected chi connectivity index (χ2v) is 5.56. The third-order valence-electron chi connectivity index (χ3n) is 3.69. The molecule has 6 heteroatoms. The SMILES string of the molecule is CC1(C)CC1CNc1ccc(C(=O)O)c([N+](=O)[O-])c1. The Morgan fingerprint density at radius 3 is 2.68 bits per heavy atom. The molecule has 1 aliphatic carbocycles.